The minimum Gasteiger partial charge on any atom is -0.488 e. The third-order valence-corrected chi connectivity index (χ3v) is 9.24. The Morgan fingerprint density at radius 3 is 2.46 bits per heavy atom. The Morgan fingerprint density at radius 2 is 1.74 bits per heavy atom. The maximum absolute atomic E-state index is 14.6. The van der Waals surface area contributed by atoms with Crippen LogP contribution in [0.4, 0.5) is 18.0 Å². The van der Waals surface area contributed by atoms with Gasteiger partial charge in [-0.25, -0.2) is 13.6 Å². The second-order valence-corrected chi connectivity index (χ2v) is 12.3. The molecule has 3 aromatic carbocycles. The molecule has 3 aliphatic rings. The van der Waals surface area contributed by atoms with Crippen LogP contribution in [0.1, 0.15) is 42.4 Å². The molecule has 7 nitrogen and oxygen atoms in total. The van der Waals surface area contributed by atoms with Crippen molar-refractivity contribution < 1.29 is 32.2 Å². The van der Waals surface area contributed by atoms with Crippen LogP contribution in [-0.2, 0) is 22.5 Å². The molecule has 46 heavy (non-hydrogen) atoms. The number of nitrogens with one attached hydrogen (secondary N) is 1. The summed E-state index contributed by atoms with van der Waals surface area (Å²) in [5, 5.41) is 4.00. The van der Waals surface area contributed by atoms with Gasteiger partial charge in [-0.05, 0) is 72.6 Å². The van der Waals surface area contributed by atoms with Crippen LogP contribution in [0, 0.1) is 17.5 Å². The third kappa shape index (κ3) is 6.59. The Morgan fingerprint density at radius 1 is 1.00 bits per heavy atom. The van der Waals surface area contributed by atoms with E-state index in [9.17, 15) is 22.8 Å². The summed E-state index contributed by atoms with van der Waals surface area (Å²) < 4.78 is 51.6. The van der Waals surface area contributed by atoms with E-state index in [-0.39, 0.29) is 24.6 Å². The normalized spacial score (nSPS) is 19.2. The van der Waals surface area contributed by atoms with Gasteiger partial charge < -0.3 is 19.7 Å². The lowest BCUT2D eigenvalue weighted by molar-refractivity contribution is -0.129. The van der Waals surface area contributed by atoms with E-state index in [0.717, 1.165) is 47.2 Å². The molecule has 1 N–H and O–H groups in total. The van der Waals surface area contributed by atoms with Crippen LogP contribution < -0.4 is 10.1 Å². The number of aryl methyl sites for hydroxylation is 1. The predicted octanol–water partition coefficient (Wildman–Crippen LogP) is 6.53. The van der Waals surface area contributed by atoms with Gasteiger partial charge in [0.15, 0.2) is 17.4 Å². The van der Waals surface area contributed by atoms with E-state index >= 15 is 0 Å². The Hall–Kier alpha value is -4.02. The molecule has 2 heterocycles. The van der Waals surface area contributed by atoms with Gasteiger partial charge in [-0.2, -0.15) is 4.39 Å². The van der Waals surface area contributed by atoms with Crippen molar-refractivity contribution in [2.75, 3.05) is 26.8 Å². The first-order valence-electron chi connectivity index (χ1n) is 15.5. The van der Waals surface area contributed by atoms with Gasteiger partial charge >= 0.3 is 6.09 Å². The number of rotatable bonds is 10. The van der Waals surface area contributed by atoms with Crippen molar-refractivity contribution in [2.24, 2.45) is 0 Å². The van der Waals surface area contributed by atoms with Gasteiger partial charge in [-0.3, -0.25) is 9.69 Å². The number of carbonyl (C=O) groups is 2. The first-order chi connectivity index (χ1) is 22.3. The van der Waals surface area contributed by atoms with Crippen molar-refractivity contribution >= 4 is 29.2 Å². The molecule has 2 atom stereocenters. The molecule has 0 radical (unpaired) electrons. The number of ether oxygens (including phenoxy) is 2. The highest BCUT2D eigenvalue weighted by Crippen LogP contribution is 2.40. The van der Waals surface area contributed by atoms with Crippen molar-refractivity contribution in [2.45, 2.75) is 56.8 Å². The second-order valence-electron chi connectivity index (χ2n) is 11.9. The standard InChI is InChI=1S/C35H35ClF3N3O4/c1-45-35(44)42-25-17-26(22-10-8-21(9-11-22)5-4-16-46-33-29(38)15-14-28(37)32(33)39)31(30(42)19-40-18-25)34(43)41(24-12-13-24)20-23-6-2-3-7-27(23)36/h2-3,6-11,14-15,24-25,30,40H,4-5,12-13,16-20H2,1H3. The third-order valence-electron chi connectivity index (χ3n) is 8.87. The second kappa shape index (κ2) is 13.8. The molecule has 6 rings (SSSR count). The predicted molar refractivity (Wildman–Crippen MR) is 168 cm³/mol. The summed E-state index contributed by atoms with van der Waals surface area (Å²) in [7, 11) is 1.36. The van der Waals surface area contributed by atoms with Gasteiger partial charge in [0.05, 0.1) is 25.8 Å². The zero-order valence-corrected chi connectivity index (χ0v) is 26.2. The first kappa shape index (κ1) is 31.9. The summed E-state index contributed by atoms with van der Waals surface area (Å²) in [5.74, 6) is -4.29. The molecule has 11 heteroatoms. The van der Waals surface area contributed by atoms with E-state index in [1.165, 1.54) is 7.11 Å². The molecule has 1 aliphatic carbocycles. The van der Waals surface area contributed by atoms with Crippen LogP contribution in [0.3, 0.4) is 0 Å². The fourth-order valence-electron chi connectivity index (χ4n) is 6.40. The lowest BCUT2D eigenvalue weighted by Crippen LogP contribution is -2.63. The van der Waals surface area contributed by atoms with Gasteiger partial charge in [0.2, 0.25) is 5.82 Å². The summed E-state index contributed by atoms with van der Waals surface area (Å²) in [6, 6.07) is 16.3. The fraction of sp³-hybridized carbons (Fsp3) is 0.371. The molecule has 2 unspecified atom stereocenters. The lowest BCUT2D eigenvalue weighted by atomic mass is 9.81. The summed E-state index contributed by atoms with van der Waals surface area (Å²) in [4.78, 5) is 31.2. The van der Waals surface area contributed by atoms with Crippen LogP contribution in [0.2, 0.25) is 5.02 Å². The Labute approximate surface area is 270 Å². The first-order valence-corrected chi connectivity index (χ1v) is 15.8. The Balaban J connectivity index is 1.26. The highest BCUT2D eigenvalue weighted by molar-refractivity contribution is 6.31. The molecule has 242 valence electrons. The molecule has 0 spiro atoms. The Bertz CT molecular complexity index is 1650. The van der Waals surface area contributed by atoms with Gasteiger partial charge in [-0.1, -0.05) is 54.1 Å². The smallest absolute Gasteiger partial charge is 0.410 e. The van der Waals surface area contributed by atoms with Gasteiger partial charge in [-0.15, -0.1) is 0 Å². The van der Waals surface area contributed by atoms with Crippen molar-refractivity contribution in [3.63, 3.8) is 0 Å². The molecular formula is C35H35ClF3N3O4. The largest absolute Gasteiger partial charge is 0.488 e. The molecule has 1 saturated heterocycles. The molecule has 2 aliphatic heterocycles. The number of carbonyl (C=O) groups excluding carboxylic acids is 2. The average molecular weight is 654 g/mol. The molecule has 2 bridgehead atoms. The fourth-order valence-corrected chi connectivity index (χ4v) is 6.60. The van der Waals surface area contributed by atoms with E-state index in [1.807, 2.05) is 53.4 Å². The quantitative estimate of drug-likeness (QED) is 0.199. The zero-order valence-electron chi connectivity index (χ0n) is 25.4. The topological polar surface area (TPSA) is 71.1 Å². The number of methoxy groups -OCH3 is 1. The van der Waals surface area contributed by atoms with Crippen molar-refractivity contribution in [3.8, 4) is 5.75 Å². The van der Waals surface area contributed by atoms with E-state index < -0.39 is 35.3 Å². The maximum atomic E-state index is 14.6. The number of piperazine rings is 1. The molecule has 1 saturated carbocycles. The van der Waals surface area contributed by atoms with Crippen LogP contribution in [0.25, 0.3) is 5.57 Å². The van der Waals surface area contributed by atoms with Crippen LogP contribution in [-0.4, -0.2) is 66.7 Å². The van der Waals surface area contributed by atoms with Gasteiger partial charge in [0.25, 0.3) is 5.91 Å². The number of nitrogens with zero attached hydrogens (tertiary/aromatic N) is 2. The minimum atomic E-state index is -1.34. The number of hydrogen-bond acceptors (Lipinski definition) is 5. The van der Waals surface area contributed by atoms with E-state index in [0.29, 0.717) is 49.5 Å². The monoisotopic (exact) mass is 653 g/mol. The molecule has 2 amide bonds. The summed E-state index contributed by atoms with van der Waals surface area (Å²) in [6.45, 7) is 1.37. The van der Waals surface area contributed by atoms with Crippen LogP contribution in [0.5, 0.6) is 5.75 Å². The van der Waals surface area contributed by atoms with Crippen LogP contribution >= 0.6 is 11.6 Å². The molecule has 3 aromatic rings. The molecule has 2 fully saturated rings. The van der Waals surface area contributed by atoms with Crippen LogP contribution in [0.15, 0.2) is 66.2 Å². The highest BCUT2D eigenvalue weighted by atomic mass is 35.5. The SMILES string of the molecule is COC(=O)N1C2CNCC1C(C(=O)N(Cc1ccccc1Cl)C1CC1)=C(c1ccc(CCCOc3c(F)ccc(F)c3F)cc1)C2. The summed E-state index contributed by atoms with van der Waals surface area (Å²) in [5.41, 5.74) is 4.20. The zero-order chi connectivity index (χ0) is 32.4. The van der Waals surface area contributed by atoms with Crippen molar-refractivity contribution in [3.05, 3.63) is 105 Å². The molecular weight excluding hydrogens is 619 g/mol. The van der Waals surface area contributed by atoms with Crippen molar-refractivity contribution in [1.29, 1.82) is 0 Å². The maximum Gasteiger partial charge on any atom is 0.410 e. The number of amides is 2. The number of hydrogen-bond donors (Lipinski definition) is 1. The number of fused-ring (bicyclic) bond motifs is 2. The van der Waals surface area contributed by atoms with Crippen molar-refractivity contribution in [1.82, 2.24) is 15.1 Å². The summed E-state index contributed by atoms with van der Waals surface area (Å²) in [6.07, 6.45) is 2.83. The number of halogens is 4. The Kier molecular flexibility index (Phi) is 9.56. The minimum absolute atomic E-state index is 0.00496. The van der Waals surface area contributed by atoms with E-state index in [1.54, 1.807) is 4.90 Å². The average Bonchev–Trinajstić information content (AvgIpc) is 3.90. The van der Waals surface area contributed by atoms with E-state index in [2.05, 4.69) is 5.32 Å². The van der Waals surface area contributed by atoms with Gasteiger partial charge in [0.1, 0.15) is 0 Å². The van der Waals surface area contributed by atoms with E-state index in [4.69, 9.17) is 21.1 Å². The lowest BCUT2D eigenvalue weighted by Gasteiger charge is -2.47. The summed E-state index contributed by atoms with van der Waals surface area (Å²) >= 11 is 6.50. The molecule has 0 aromatic heterocycles. The van der Waals surface area contributed by atoms with Gasteiger partial charge in [0, 0.05) is 36.3 Å². The number of benzene rings is 3. The highest BCUT2D eigenvalue weighted by Gasteiger charge is 2.47.